The molecule has 1 amide bonds. The second-order valence-corrected chi connectivity index (χ2v) is 4.45. The van der Waals surface area contributed by atoms with Gasteiger partial charge in [0.05, 0.1) is 21.3 Å². The third-order valence-corrected chi connectivity index (χ3v) is 2.58. The first-order chi connectivity index (χ1) is 9.51. The highest BCUT2D eigenvalue weighted by molar-refractivity contribution is 5.92. The summed E-state index contributed by atoms with van der Waals surface area (Å²) in [4.78, 5) is 11.6. The maximum absolute atomic E-state index is 11.6. The number of carbonyl (C=O) groups is 1. The molecule has 0 fully saturated rings. The lowest BCUT2D eigenvalue weighted by Crippen LogP contribution is -2.28. The van der Waals surface area contributed by atoms with Gasteiger partial charge in [0.1, 0.15) is 5.75 Å². The normalized spacial score (nSPS) is 10.7. The summed E-state index contributed by atoms with van der Waals surface area (Å²) in [5.74, 6) is 1.61. The van der Waals surface area contributed by atoms with Crippen molar-refractivity contribution in [3.05, 3.63) is 23.8 Å². The van der Waals surface area contributed by atoms with Crippen LogP contribution in [0, 0.1) is 0 Å². The van der Waals surface area contributed by atoms with Gasteiger partial charge in [0.15, 0.2) is 11.5 Å². The highest BCUT2D eigenvalue weighted by Gasteiger charge is 2.10. The average Bonchev–Trinajstić information content (AvgIpc) is 2.43. The van der Waals surface area contributed by atoms with Crippen LogP contribution >= 0.6 is 0 Å². The van der Waals surface area contributed by atoms with Gasteiger partial charge in [0.2, 0.25) is 5.91 Å². The Kier molecular flexibility index (Phi) is 5.90. The van der Waals surface area contributed by atoms with E-state index in [9.17, 15) is 4.79 Å². The number of rotatable bonds is 6. The predicted molar refractivity (Wildman–Crippen MR) is 78.4 cm³/mol. The molecule has 1 N–H and O–H groups in total. The van der Waals surface area contributed by atoms with Crippen molar-refractivity contribution in [2.24, 2.45) is 0 Å². The molecule has 110 valence electrons. The number of methoxy groups -OCH3 is 3. The van der Waals surface area contributed by atoms with E-state index in [4.69, 9.17) is 14.2 Å². The van der Waals surface area contributed by atoms with Crippen LogP contribution in [0.5, 0.6) is 17.2 Å². The van der Waals surface area contributed by atoms with E-state index in [1.807, 2.05) is 13.8 Å². The van der Waals surface area contributed by atoms with Gasteiger partial charge in [-0.15, -0.1) is 0 Å². The minimum absolute atomic E-state index is 0.0967. The molecule has 1 rings (SSSR count). The lowest BCUT2D eigenvalue weighted by Gasteiger charge is -2.12. The zero-order valence-electron chi connectivity index (χ0n) is 12.5. The Morgan fingerprint density at radius 2 is 1.60 bits per heavy atom. The summed E-state index contributed by atoms with van der Waals surface area (Å²) in [6, 6.07) is 3.58. The molecule has 0 saturated heterocycles. The van der Waals surface area contributed by atoms with E-state index in [2.05, 4.69) is 5.32 Å². The first-order valence-electron chi connectivity index (χ1n) is 6.30. The molecule has 0 bridgehead atoms. The molecular weight excluding hydrogens is 258 g/mol. The van der Waals surface area contributed by atoms with E-state index in [0.717, 1.165) is 5.56 Å². The molecule has 0 aliphatic carbocycles. The van der Waals surface area contributed by atoms with E-state index >= 15 is 0 Å². The molecule has 0 atom stereocenters. The SMILES string of the molecule is COc1cc(OC)c(OC)cc1/C=C/C(=O)NC(C)C. The molecular formula is C15H21NO4. The first kappa shape index (κ1) is 15.9. The Hall–Kier alpha value is -2.17. The van der Waals surface area contributed by atoms with Crippen molar-refractivity contribution in [1.29, 1.82) is 0 Å². The minimum atomic E-state index is -0.156. The van der Waals surface area contributed by atoms with Crippen molar-refractivity contribution < 1.29 is 19.0 Å². The second kappa shape index (κ2) is 7.43. The number of carbonyl (C=O) groups excluding carboxylic acids is 1. The summed E-state index contributed by atoms with van der Waals surface area (Å²) in [6.07, 6.45) is 3.14. The molecule has 0 aliphatic rings. The van der Waals surface area contributed by atoms with Crippen LogP contribution < -0.4 is 19.5 Å². The van der Waals surface area contributed by atoms with Gasteiger partial charge in [-0.05, 0) is 26.0 Å². The molecule has 0 aliphatic heterocycles. The zero-order valence-corrected chi connectivity index (χ0v) is 12.5. The van der Waals surface area contributed by atoms with Crippen molar-refractivity contribution in [2.45, 2.75) is 19.9 Å². The van der Waals surface area contributed by atoms with Gasteiger partial charge in [-0.3, -0.25) is 4.79 Å². The van der Waals surface area contributed by atoms with Crippen molar-refractivity contribution in [2.75, 3.05) is 21.3 Å². The highest BCUT2D eigenvalue weighted by Crippen LogP contribution is 2.35. The number of ether oxygens (including phenoxy) is 3. The van der Waals surface area contributed by atoms with Crippen LogP contribution in [-0.4, -0.2) is 33.3 Å². The average molecular weight is 279 g/mol. The number of nitrogens with one attached hydrogen (secondary N) is 1. The largest absolute Gasteiger partial charge is 0.496 e. The molecule has 5 nitrogen and oxygen atoms in total. The summed E-state index contributed by atoms with van der Waals surface area (Å²) in [6.45, 7) is 3.81. The van der Waals surface area contributed by atoms with Crippen molar-refractivity contribution in [3.63, 3.8) is 0 Å². The summed E-state index contributed by atoms with van der Waals surface area (Å²) in [5, 5.41) is 2.78. The lowest BCUT2D eigenvalue weighted by atomic mass is 10.1. The van der Waals surface area contributed by atoms with Gasteiger partial charge in [0.25, 0.3) is 0 Å². The van der Waals surface area contributed by atoms with Crippen LogP contribution in [0.4, 0.5) is 0 Å². The van der Waals surface area contributed by atoms with Crippen molar-refractivity contribution in [3.8, 4) is 17.2 Å². The molecule has 20 heavy (non-hydrogen) atoms. The Balaban J connectivity index is 3.04. The zero-order chi connectivity index (χ0) is 15.1. The fourth-order valence-electron chi connectivity index (χ4n) is 1.68. The fraction of sp³-hybridized carbons (Fsp3) is 0.400. The van der Waals surface area contributed by atoms with Crippen molar-refractivity contribution in [1.82, 2.24) is 5.32 Å². The van der Waals surface area contributed by atoms with Gasteiger partial charge < -0.3 is 19.5 Å². The third-order valence-electron chi connectivity index (χ3n) is 2.58. The van der Waals surface area contributed by atoms with Gasteiger partial charge in [-0.2, -0.15) is 0 Å². The lowest BCUT2D eigenvalue weighted by molar-refractivity contribution is -0.116. The fourth-order valence-corrected chi connectivity index (χ4v) is 1.68. The molecule has 1 aromatic carbocycles. The topological polar surface area (TPSA) is 56.8 Å². The highest BCUT2D eigenvalue weighted by atomic mass is 16.5. The van der Waals surface area contributed by atoms with Gasteiger partial charge in [0, 0.05) is 23.7 Å². The molecule has 5 heteroatoms. The monoisotopic (exact) mass is 279 g/mol. The Labute approximate surface area is 119 Å². The number of benzene rings is 1. The number of hydrogen-bond acceptors (Lipinski definition) is 4. The molecule has 0 radical (unpaired) electrons. The summed E-state index contributed by atoms with van der Waals surface area (Å²) < 4.78 is 15.7. The first-order valence-corrected chi connectivity index (χ1v) is 6.30. The second-order valence-electron chi connectivity index (χ2n) is 4.45. The Morgan fingerprint density at radius 3 is 2.10 bits per heavy atom. The van der Waals surface area contributed by atoms with Crippen LogP contribution in [0.1, 0.15) is 19.4 Å². The van der Waals surface area contributed by atoms with Gasteiger partial charge >= 0.3 is 0 Å². The maximum atomic E-state index is 11.6. The quantitative estimate of drug-likeness (QED) is 0.811. The maximum Gasteiger partial charge on any atom is 0.244 e. The molecule has 0 unspecified atom stereocenters. The van der Waals surface area contributed by atoms with Gasteiger partial charge in [-0.1, -0.05) is 0 Å². The molecule has 1 aromatic rings. The van der Waals surface area contributed by atoms with Crippen LogP contribution in [0.2, 0.25) is 0 Å². The Bertz CT molecular complexity index is 495. The van der Waals surface area contributed by atoms with E-state index in [1.54, 1.807) is 39.5 Å². The van der Waals surface area contributed by atoms with Gasteiger partial charge in [-0.25, -0.2) is 0 Å². The predicted octanol–water partition coefficient (Wildman–Crippen LogP) is 2.25. The summed E-state index contributed by atoms with van der Waals surface area (Å²) in [5.41, 5.74) is 0.740. The van der Waals surface area contributed by atoms with E-state index in [0.29, 0.717) is 17.2 Å². The van der Waals surface area contributed by atoms with Crippen molar-refractivity contribution >= 4 is 12.0 Å². The number of amides is 1. The van der Waals surface area contributed by atoms with Crippen LogP contribution in [0.15, 0.2) is 18.2 Å². The molecule has 0 spiro atoms. The van der Waals surface area contributed by atoms with Crippen LogP contribution in [0.25, 0.3) is 6.08 Å². The Morgan fingerprint density at radius 1 is 1.05 bits per heavy atom. The van der Waals surface area contributed by atoms with Crippen LogP contribution in [0.3, 0.4) is 0 Å². The van der Waals surface area contributed by atoms with E-state index < -0.39 is 0 Å². The standard InChI is InChI=1S/C15H21NO4/c1-10(2)16-15(17)7-6-11-8-13(19-4)14(20-5)9-12(11)18-3/h6-10H,1-5H3,(H,16,17)/b7-6+. The summed E-state index contributed by atoms with van der Waals surface area (Å²) in [7, 11) is 4.68. The third kappa shape index (κ3) is 4.19. The van der Waals surface area contributed by atoms with E-state index in [-0.39, 0.29) is 11.9 Å². The summed E-state index contributed by atoms with van der Waals surface area (Å²) >= 11 is 0. The number of hydrogen-bond donors (Lipinski definition) is 1. The van der Waals surface area contributed by atoms with E-state index in [1.165, 1.54) is 6.08 Å². The molecule has 0 aromatic heterocycles. The van der Waals surface area contributed by atoms with Crippen LogP contribution in [-0.2, 0) is 4.79 Å². The smallest absolute Gasteiger partial charge is 0.244 e. The molecule has 0 heterocycles. The minimum Gasteiger partial charge on any atom is -0.496 e. The molecule has 0 saturated carbocycles.